The van der Waals surface area contributed by atoms with Crippen molar-refractivity contribution >= 4 is 0 Å². The largest absolute Gasteiger partial charge is 0.258 e. The van der Waals surface area contributed by atoms with Crippen LogP contribution in [0.5, 0.6) is 0 Å². The molecule has 0 aliphatic heterocycles. The molecule has 0 N–H and O–H groups in total. The van der Waals surface area contributed by atoms with Gasteiger partial charge in [0, 0.05) is 22.6 Å². The molecule has 0 aliphatic carbocycles. The van der Waals surface area contributed by atoms with Crippen LogP contribution in [0.4, 0.5) is 0 Å². The highest BCUT2D eigenvalue weighted by atomic mass is 14.7. The van der Waals surface area contributed by atoms with E-state index in [-0.39, 0.29) is 0 Å². The van der Waals surface area contributed by atoms with Gasteiger partial charge < -0.3 is 0 Å². The van der Waals surface area contributed by atoms with Crippen molar-refractivity contribution in [2.45, 2.75) is 41.0 Å². The SMILES string of the molecule is Cc1cc(-c2ccc(CC(C)C)c(C)n2)cc(C)n1. The van der Waals surface area contributed by atoms with E-state index in [4.69, 9.17) is 4.98 Å². The second-order valence-electron chi connectivity index (χ2n) is 5.68. The summed E-state index contributed by atoms with van der Waals surface area (Å²) >= 11 is 0. The number of pyridine rings is 2. The maximum Gasteiger partial charge on any atom is 0.0706 e. The summed E-state index contributed by atoms with van der Waals surface area (Å²) in [5.41, 5.74) is 6.77. The van der Waals surface area contributed by atoms with Crippen molar-refractivity contribution in [3.8, 4) is 11.3 Å². The summed E-state index contributed by atoms with van der Waals surface area (Å²) in [6.45, 7) is 10.6. The van der Waals surface area contributed by atoms with E-state index in [9.17, 15) is 0 Å². The molecule has 2 aromatic heterocycles. The molecule has 0 aromatic carbocycles. The van der Waals surface area contributed by atoms with Crippen molar-refractivity contribution in [2.75, 3.05) is 0 Å². The Labute approximate surface area is 115 Å². The van der Waals surface area contributed by atoms with Gasteiger partial charge in [0.1, 0.15) is 0 Å². The zero-order chi connectivity index (χ0) is 14.0. The Hall–Kier alpha value is -1.70. The van der Waals surface area contributed by atoms with Crippen molar-refractivity contribution in [1.29, 1.82) is 0 Å². The molecule has 0 amide bonds. The van der Waals surface area contributed by atoms with Gasteiger partial charge in [-0.1, -0.05) is 19.9 Å². The van der Waals surface area contributed by atoms with Crippen LogP contribution in [0.1, 0.15) is 36.5 Å². The van der Waals surface area contributed by atoms with Gasteiger partial charge >= 0.3 is 0 Å². The van der Waals surface area contributed by atoms with Crippen LogP contribution in [0.15, 0.2) is 24.3 Å². The molecule has 2 heteroatoms. The molecule has 2 nitrogen and oxygen atoms in total. The van der Waals surface area contributed by atoms with Gasteiger partial charge in [-0.05, 0) is 56.9 Å². The molecule has 2 rings (SSSR count). The van der Waals surface area contributed by atoms with E-state index in [0.717, 1.165) is 34.8 Å². The van der Waals surface area contributed by atoms with Crippen LogP contribution < -0.4 is 0 Å². The summed E-state index contributed by atoms with van der Waals surface area (Å²) in [7, 11) is 0. The number of nitrogens with zero attached hydrogens (tertiary/aromatic N) is 2. The van der Waals surface area contributed by atoms with E-state index in [2.05, 4.69) is 50.0 Å². The molecule has 0 atom stereocenters. The highest BCUT2D eigenvalue weighted by Gasteiger charge is 2.07. The highest BCUT2D eigenvalue weighted by molar-refractivity contribution is 5.60. The molecule has 0 spiro atoms. The summed E-state index contributed by atoms with van der Waals surface area (Å²) < 4.78 is 0. The van der Waals surface area contributed by atoms with Gasteiger partial charge in [0.25, 0.3) is 0 Å². The molecule has 2 aromatic rings. The summed E-state index contributed by atoms with van der Waals surface area (Å²) in [5.74, 6) is 0.664. The molecule has 0 fully saturated rings. The fraction of sp³-hybridized carbons (Fsp3) is 0.412. The number of aromatic nitrogens is 2. The van der Waals surface area contributed by atoms with Gasteiger partial charge in [-0.15, -0.1) is 0 Å². The Kier molecular flexibility index (Phi) is 3.98. The van der Waals surface area contributed by atoms with E-state index in [0.29, 0.717) is 5.92 Å². The topological polar surface area (TPSA) is 25.8 Å². The van der Waals surface area contributed by atoms with E-state index >= 15 is 0 Å². The number of aryl methyl sites for hydroxylation is 3. The molecule has 0 unspecified atom stereocenters. The zero-order valence-corrected chi connectivity index (χ0v) is 12.5. The third-order valence-electron chi connectivity index (χ3n) is 3.20. The van der Waals surface area contributed by atoms with E-state index in [1.807, 2.05) is 13.8 Å². The summed E-state index contributed by atoms with van der Waals surface area (Å²) in [5, 5.41) is 0. The average molecular weight is 254 g/mol. The van der Waals surface area contributed by atoms with Crippen molar-refractivity contribution in [2.24, 2.45) is 5.92 Å². The minimum absolute atomic E-state index is 0.664. The molecule has 0 saturated carbocycles. The van der Waals surface area contributed by atoms with Crippen LogP contribution in [0.2, 0.25) is 0 Å². The summed E-state index contributed by atoms with van der Waals surface area (Å²) in [4.78, 5) is 9.16. The molecule has 0 aliphatic rings. The van der Waals surface area contributed by atoms with Gasteiger partial charge in [0.05, 0.1) is 5.69 Å². The molecule has 19 heavy (non-hydrogen) atoms. The smallest absolute Gasteiger partial charge is 0.0706 e. The maximum absolute atomic E-state index is 4.75. The number of hydrogen-bond acceptors (Lipinski definition) is 2. The fourth-order valence-electron chi connectivity index (χ4n) is 2.39. The number of hydrogen-bond donors (Lipinski definition) is 0. The van der Waals surface area contributed by atoms with E-state index < -0.39 is 0 Å². The van der Waals surface area contributed by atoms with Crippen molar-refractivity contribution in [3.05, 3.63) is 46.9 Å². The Morgan fingerprint density at radius 2 is 1.58 bits per heavy atom. The van der Waals surface area contributed by atoms with E-state index in [1.165, 1.54) is 5.56 Å². The Balaban J connectivity index is 2.38. The Morgan fingerprint density at radius 3 is 2.11 bits per heavy atom. The molecule has 0 bridgehead atoms. The molecular weight excluding hydrogens is 232 g/mol. The maximum atomic E-state index is 4.75. The lowest BCUT2D eigenvalue weighted by Gasteiger charge is -2.10. The van der Waals surface area contributed by atoms with Crippen LogP contribution >= 0.6 is 0 Å². The highest BCUT2D eigenvalue weighted by Crippen LogP contribution is 2.21. The second-order valence-corrected chi connectivity index (χ2v) is 5.68. The Morgan fingerprint density at radius 1 is 0.947 bits per heavy atom. The second kappa shape index (κ2) is 5.52. The Bertz CT molecular complexity index is 566. The average Bonchev–Trinajstić information content (AvgIpc) is 2.30. The minimum atomic E-state index is 0.664. The van der Waals surface area contributed by atoms with Gasteiger partial charge in [-0.25, -0.2) is 0 Å². The molecule has 2 heterocycles. The predicted molar refractivity (Wildman–Crippen MR) is 80.2 cm³/mol. The molecule has 0 radical (unpaired) electrons. The van der Waals surface area contributed by atoms with Crippen LogP contribution in [0, 0.1) is 26.7 Å². The summed E-state index contributed by atoms with van der Waals surface area (Å²) in [6, 6.07) is 8.52. The van der Waals surface area contributed by atoms with Crippen LogP contribution in [-0.4, -0.2) is 9.97 Å². The first-order valence-corrected chi connectivity index (χ1v) is 6.88. The van der Waals surface area contributed by atoms with Gasteiger partial charge in [-0.3, -0.25) is 9.97 Å². The van der Waals surface area contributed by atoms with Gasteiger partial charge in [0.2, 0.25) is 0 Å². The lowest BCUT2D eigenvalue weighted by molar-refractivity contribution is 0.642. The monoisotopic (exact) mass is 254 g/mol. The van der Waals surface area contributed by atoms with E-state index in [1.54, 1.807) is 0 Å². The quantitative estimate of drug-likeness (QED) is 0.817. The van der Waals surface area contributed by atoms with Crippen molar-refractivity contribution in [1.82, 2.24) is 9.97 Å². The first-order chi connectivity index (χ1) is 8.95. The normalized spacial score (nSPS) is 11.1. The minimum Gasteiger partial charge on any atom is -0.258 e. The third-order valence-corrected chi connectivity index (χ3v) is 3.20. The lowest BCUT2D eigenvalue weighted by Crippen LogP contribution is -2.00. The van der Waals surface area contributed by atoms with Crippen molar-refractivity contribution < 1.29 is 0 Å². The zero-order valence-electron chi connectivity index (χ0n) is 12.5. The fourth-order valence-corrected chi connectivity index (χ4v) is 2.39. The van der Waals surface area contributed by atoms with Crippen LogP contribution in [0.3, 0.4) is 0 Å². The summed E-state index contributed by atoms with van der Waals surface area (Å²) in [6.07, 6.45) is 1.09. The van der Waals surface area contributed by atoms with Gasteiger partial charge in [0.15, 0.2) is 0 Å². The molecular formula is C17H22N2. The number of rotatable bonds is 3. The van der Waals surface area contributed by atoms with Gasteiger partial charge in [-0.2, -0.15) is 0 Å². The first-order valence-electron chi connectivity index (χ1n) is 6.88. The van der Waals surface area contributed by atoms with Crippen LogP contribution in [0.25, 0.3) is 11.3 Å². The molecule has 100 valence electrons. The lowest BCUT2D eigenvalue weighted by atomic mass is 10.0. The van der Waals surface area contributed by atoms with Crippen molar-refractivity contribution in [3.63, 3.8) is 0 Å². The third kappa shape index (κ3) is 3.40. The van der Waals surface area contributed by atoms with Crippen LogP contribution in [-0.2, 0) is 6.42 Å². The standard InChI is InChI=1S/C17H22N2/c1-11(2)8-15-6-7-17(19-14(15)5)16-9-12(3)18-13(4)10-16/h6-7,9-11H,8H2,1-5H3. The predicted octanol–water partition coefficient (Wildman–Crippen LogP) is 4.27. The molecule has 0 saturated heterocycles. The first kappa shape index (κ1) is 13.7.